The molecule has 0 bridgehead atoms. The maximum Gasteiger partial charge on any atom is 0.197 e. The van der Waals surface area contributed by atoms with Crippen molar-refractivity contribution in [2.75, 3.05) is 31.4 Å². The third-order valence-electron chi connectivity index (χ3n) is 2.16. The highest BCUT2D eigenvalue weighted by molar-refractivity contribution is 7.11. The summed E-state index contributed by atoms with van der Waals surface area (Å²) in [5.41, 5.74) is 5.72. The van der Waals surface area contributed by atoms with E-state index in [1.165, 1.54) is 11.5 Å². The van der Waals surface area contributed by atoms with Gasteiger partial charge in [0.05, 0.1) is 19.3 Å². The van der Waals surface area contributed by atoms with Crippen LogP contribution in [0, 0.1) is 0 Å². The van der Waals surface area contributed by atoms with Crippen molar-refractivity contribution in [3.8, 4) is 5.75 Å². The molecular weight excluding hydrogens is 226 g/mol. The summed E-state index contributed by atoms with van der Waals surface area (Å²) in [6.07, 6.45) is 0.969. The third kappa shape index (κ3) is 3.24. The summed E-state index contributed by atoms with van der Waals surface area (Å²) in [6.45, 7) is 5.26. The molecule has 1 aromatic rings. The van der Waals surface area contributed by atoms with Gasteiger partial charge in [-0.25, -0.2) is 0 Å². The van der Waals surface area contributed by atoms with Gasteiger partial charge < -0.3 is 20.5 Å². The summed E-state index contributed by atoms with van der Waals surface area (Å²) in [5.74, 6) is 1.10. The van der Waals surface area contributed by atoms with E-state index < -0.39 is 0 Å². The molecule has 1 heterocycles. The van der Waals surface area contributed by atoms with Gasteiger partial charge in [0.1, 0.15) is 0 Å². The van der Waals surface area contributed by atoms with Gasteiger partial charge in [0.15, 0.2) is 16.6 Å². The Morgan fingerprint density at radius 2 is 2.25 bits per heavy atom. The summed E-state index contributed by atoms with van der Waals surface area (Å²) >= 11 is 1.32. The molecule has 16 heavy (non-hydrogen) atoms. The molecule has 0 aliphatic heterocycles. The molecule has 0 fully saturated rings. The second-order valence-corrected chi connectivity index (χ2v) is 4.14. The molecule has 1 atom stereocenters. The van der Waals surface area contributed by atoms with Crippen LogP contribution in [0.5, 0.6) is 5.75 Å². The Morgan fingerprint density at radius 3 is 2.81 bits per heavy atom. The number of nitrogens with one attached hydrogen (secondary N) is 1. The first-order valence-electron chi connectivity index (χ1n) is 5.36. The Morgan fingerprint density at radius 1 is 1.50 bits per heavy atom. The molecule has 1 unspecified atom stereocenters. The van der Waals surface area contributed by atoms with E-state index >= 15 is 0 Å². The van der Waals surface area contributed by atoms with Gasteiger partial charge in [-0.2, -0.15) is 4.37 Å². The minimum absolute atomic E-state index is 0.254. The molecule has 0 radical (unpaired) electrons. The highest BCUT2D eigenvalue weighted by atomic mass is 32.1. The standard InChI is InChI=1S/C10H19N3O2S/c1-4-7(6-14-3)12-10-8(15-5-2)9(11)13-16-10/h7,12H,4-6H2,1-3H3,(H2,11,13). The molecule has 92 valence electrons. The van der Waals surface area contributed by atoms with E-state index in [1.54, 1.807) is 7.11 Å². The van der Waals surface area contributed by atoms with Crippen LogP contribution in [0.4, 0.5) is 10.8 Å². The van der Waals surface area contributed by atoms with Crippen LogP contribution in [-0.2, 0) is 4.74 Å². The smallest absolute Gasteiger partial charge is 0.197 e. The summed E-state index contributed by atoms with van der Waals surface area (Å²) in [6, 6.07) is 0.254. The van der Waals surface area contributed by atoms with Gasteiger partial charge in [-0.3, -0.25) is 0 Å². The van der Waals surface area contributed by atoms with E-state index in [9.17, 15) is 0 Å². The van der Waals surface area contributed by atoms with Gasteiger partial charge in [0.25, 0.3) is 0 Å². The number of hydrogen-bond acceptors (Lipinski definition) is 6. The van der Waals surface area contributed by atoms with Crippen molar-refractivity contribution in [1.82, 2.24) is 4.37 Å². The number of aromatic nitrogens is 1. The average Bonchev–Trinajstić information content (AvgIpc) is 2.61. The number of nitrogen functional groups attached to an aromatic ring is 1. The van der Waals surface area contributed by atoms with Crippen LogP contribution in [0.15, 0.2) is 0 Å². The van der Waals surface area contributed by atoms with Crippen molar-refractivity contribution in [2.24, 2.45) is 0 Å². The van der Waals surface area contributed by atoms with Crippen molar-refractivity contribution < 1.29 is 9.47 Å². The third-order valence-corrected chi connectivity index (χ3v) is 2.93. The maximum atomic E-state index is 5.72. The molecule has 0 amide bonds. The Hall–Kier alpha value is -1.01. The quantitative estimate of drug-likeness (QED) is 0.768. The van der Waals surface area contributed by atoms with Gasteiger partial charge in [-0.1, -0.05) is 6.92 Å². The number of nitrogens with zero attached hydrogens (tertiary/aromatic N) is 1. The molecule has 5 nitrogen and oxygen atoms in total. The molecule has 0 saturated carbocycles. The van der Waals surface area contributed by atoms with E-state index in [2.05, 4.69) is 16.6 Å². The molecule has 0 aromatic carbocycles. The van der Waals surface area contributed by atoms with E-state index in [4.69, 9.17) is 15.2 Å². The number of rotatable bonds is 7. The lowest BCUT2D eigenvalue weighted by Crippen LogP contribution is -2.23. The first kappa shape index (κ1) is 13.1. The molecule has 1 aromatic heterocycles. The number of ether oxygens (including phenoxy) is 2. The fraction of sp³-hybridized carbons (Fsp3) is 0.700. The lowest BCUT2D eigenvalue weighted by atomic mass is 10.2. The molecule has 3 N–H and O–H groups in total. The van der Waals surface area contributed by atoms with E-state index in [-0.39, 0.29) is 6.04 Å². The van der Waals surface area contributed by atoms with Crippen molar-refractivity contribution in [3.05, 3.63) is 0 Å². The van der Waals surface area contributed by atoms with E-state index in [0.29, 0.717) is 24.8 Å². The normalized spacial score (nSPS) is 12.4. The predicted molar refractivity (Wildman–Crippen MR) is 67.3 cm³/mol. The average molecular weight is 245 g/mol. The first-order chi connectivity index (χ1) is 7.72. The monoisotopic (exact) mass is 245 g/mol. The van der Waals surface area contributed by atoms with Gasteiger partial charge in [0, 0.05) is 7.11 Å². The SMILES string of the molecule is CCOc1c(N)nsc1NC(CC)COC. The van der Waals surface area contributed by atoms with Crippen molar-refractivity contribution in [3.63, 3.8) is 0 Å². The summed E-state index contributed by atoms with van der Waals surface area (Å²) in [5, 5.41) is 4.21. The number of hydrogen-bond donors (Lipinski definition) is 2. The van der Waals surface area contributed by atoms with Crippen LogP contribution >= 0.6 is 11.5 Å². The van der Waals surface area contributed by atoms with Gasteiger partial charge in [-0.15, -0.1) is 0 Å². The molecule has 1 rings (SSSR count). The molecule has 0 saturated heterocycles. The zero-order chi connectivity index (χ0) is 12.0. The van der Waals surface area contributed by atoms with Crippen LogP contribution < -0.4 is 15.8 Å². The van der Waals surface area contributed by atoms with E-state index in [1.807, 2.05) is 6.92 Å². The fourth-order valence-electron chi connectivity index (χ4n) is 1.32. The summed E-state index contributed by atoms with van der Waals surface area (Å²) in [7, 11) is 1.69. The Bertz CT molecular complexity index is 317. The van der Waals surface area contributed by atoms with Gasteiger partial charge >= 0.3 is 0 Å². The van der Waals surface area contributed by atoms with Crippen LogP contribution in [0.25, 0.3) is 0 Å². The Kier molecular flexibility index (Phi) is 5.34. The van der Waals surface area contributed by atoms with Crippen molar-refractivity contribution in [1.29, 1.82) is 0 Å². The van der Waals surface area contributed by atoms with Gasteiger partial charge in [0.2, 0.25) is 0 Å². The highest BCUT2D eigenvalue weighted by Crippen LogP contribution is 2.35. The van der Waals surface area contributed by atoms with Crippen LogP contribution in [0.3, 0.4) is 0 Å². The van der Waals surface area contributed by atoms with Crippen molar-refractivity contribution >= 4 is 22.4 Å². The topological polar surface area (TPSA) is 69.4 Å². The maximum absolute atomic E-state index is 5.72. The lowest BCUT2D eigenvalue weighted by Gasteiger charge is -2.16. The Labute approximate surface area is 100 Å². The van der Waals surface area contributed by atoms with Crippen LogP contribution in [0.1, 0.15) is 20.3 Å². The molecular formula is C10H19N3O2S. The highest BCUT2D eigenvalue weighted by Gasteiger charge is 2.15. The van der Waals surface area contributed by atoms with Crippen molar-refractivity contribution in [2.45, 2.75) is 26.3 Å². The Balaban J connectivity index is 2.71. The summed E-state index contributed by atoms with van der Waals surface area (Å²) < 4.78 is 14.6. The minimum Gasteiger partial charge on any atom is -0.487 e. The number of methoxy groups -OCH3 is 1. The lowest BCUT2D eigenvalue weighted by molar-refractivity contribution is 0.184. The fourth-order valence-corrected chi connectivity index (χ4v) is 2.06. The molecule has 0 aliphatic rings. The molecule has 0 spiro atoms. The zero-order valence-corrected chi connectivity index (χ0v) is 10.8. The molecule has 0 aliphatic carbocycles. The number of anilines is 2. The van der Waals surface area contributed by atoms with Crippen LogP contribution in [-0.4, -0.2) is 30.7 Å². The largest absolute Gasteiger partial charge is 0.487 e. The number of nitrogens with two attached hydrogens (primary N) is 1. The molecule has 6 heteroatoms. The predicted octanol–water partition coefficient (Wildman–Crippen LogP) is 1.96. The second kappa shape index (κ2) is 6.55. The first-order valence-corrected chi connectivity index (χ1v) is 6.13. The van der Waals surface area contributed by atoms with Gasteiger partial charge in [-0.05, 0) is 24.9 Å². The van der Waals surface area contributed by atoms with E-state index in [0.717, 1.165) is 11.4 Å². The minimum atomic E-state index is 0.254. The zero-order valence-electron chi connectivity index (χ0n) is 9.95. The van der Waals surface area contributed by atoms with Crippen LogP contribution in [0.2, 0.25) is 0 Å². The summed E-state index contributed by atoms with van der Waals surface area (Å²) in [4.78, 5) is 0. The second-order valence-electron chi connectivity index (χ2n) is 3.36.